The largest absolute Gasteiger partial charge is 0.490 e. The fraction of sp³-hybridized carbons (Fsp3) is 0.353. The number of aliphatic hydroxyl groups is 1. The van der Waals surface area contributed by atoms with Gasteiger partial charge < -0.3 is 25.6 Å². The van der Waals surface area contributed by atoms with Crippen LogP contribution < -0.4 is 20.5 Å². The zero-order valence-electron chi connectivity index (χ0n) is 13.5. The second-order valence-electron chi connectivity index (χ2n) is 5.79. The van der Waals surface area contributed by atoms with Crippen LogP contribution in [0.5, 0.6) is 11.5 Å². The highest BCUT2D eigenvalue weighted by Crippen LogP contribution is 2.32. The van der Waals surface area contributed by atoms with Crippen molar-refractivity contribution in [3.05, 3.63) is 40.6 Å². The van der Waals surface area contributed by atoms with E-state index >= 15 is 0 Å². The van der Waals surface area contributed by atoms with Crippen LogP contribution in [0.3, 0.4) is 0 Å². The lowest BCUT2D eigenvalue weighted by Gasteiger charge is -2.19. The number of rotatable bonds is 4. The van der Waals surface area contributed by atoms with E-state index in [1.807, 2.05) is 35.7 Å². The van der Waals surface area contributed by atoms with Gasteiger partial charge in [-0.15, -0.1) is 11.3 Å². The van der Waals surface area contributed by atoms with Gasteiger partial charge in [0.25, 0.3) is 0 Å². The van der Waals surface area contributed by atoms with Gasteiger partial charge >= 0.3 is 0 Å². The number of hydrogen-bond donors (Lipinski definition) is 3. The smallest absolute Gasteiger partial charge is 0.193 e. The van der Waals surface area contributed by atoms with Crippen LogP contribution >= 0.6 is 11.3 Å². The number of nitrogens with zero attached hydrogens (tertiary/aromatic N) is 1. The fourth-order valence-electron chi connectivity index (χ4n) is 2.33. The molecule has 1 aromatic carbocycles. The lowest BCUT2D eigenvalue weighted by Crippen LogP contribution is -2.29. The molecule has 2 aromatic rings. The van der Waals surface area contributed by atoms with Gasteiger partial charge in [-0.1, -0.05) is 6.07 Å². The maximum absolute atomic E-state index is 10.5. The molecule has 0 saturated heterocycles. The molecular formula is C17H21N3O3S. The van der Waals surface area contributed by atoms with E-state index in [-0.39, 0.29) is 12.5 Å². The normalized spacial score (nSPS) is 17.0. The number of guanidine groups is 1. The molecule has 3 rings (SSSR count). The van der Waals surface area contributed by atoms with Crippen molar-refractivity contribution >= 4 is 23.0 Å². The summed E-state index contributed by atoms with van der Waals surface area (Å²) < 4.78 is 11.2. The maximum Gasteiger partial charge on any atom is 0.193 e. The van der Waals surface area contributed by atoms with Gasteiger partial charge in [-0.3, -0.25) is 0 Å². The predicted octanol–water partition coefficient (Wildman–Crippen LogP) is 2.54. The van der Waals surface area contributed by atoms with E-state index in [0.29, 0.717) is 19.0 Å². The lowest BCUT2D eigenvalue weighted by molar-refractivity contribution is 0.0713. The minimum atomic E-state index is -1.04. The van der Waals surface area contributed by atoms with Gasteiger partial charge in [-0.05, 0) is 30.5 Å². The molecule has 0 amide bonds. The summed E-state index contributed by atoms with van der Waals surface area (Å²) in [6.07, 6.45) is 0.860. The lowest BCUT2D eigenvalue weighted by atomic mass is 10.1. The molecule has 0 saturated carbocycles. The van der Waals surface area contributed by atoms with Gasteiger partial charge in [0.2, 0.25) is 0 Å². The molecule has 1 unspecified atom stereocenters. The summed E-state index contributed by atoms with van der Waals surface area (Å²) in [5.74, 6) is 1.66. The first-order chi connectivity index (χ1) is 11.5. The molecule has 6 nitrogen and oxygen atoms in total. The van der Waals surface area contributed by atoms with Gasteiger partial charge in [0.05, 0.1) is 19.8 Å². The first kappa shape index (κ1) is 16.6. The standard InChI is InChI=1S/C17H21N3O3S/c1-17(21,15-4-2-9-24-15)11-19-16(18)20-12-5-6-13-14(10-12)23-8-3-7-22-13/h2,4-6,9-10,21H,3,7-8,11H2,1H3,(H3,18,19,20). The second-order valence-corrected chi connectivity index (χ2v) is 6.74. The number of thiophene rings is 1. The van der Waals surface area contributed by atoms with Crippen LogP contribution in [0, 0.1) is 0 Å². The minimum absolute atomic E-state index is 0.177. The van der Waals surface area contributed by atoms with Crippen LogP contribution in [-0.2, 0) is 5.60 Å². The third-order valence-corrected chi connectivity index (χ3v) is 4.75. The van der Waals surface area contributed by atoms with E-state index in [2.05, 4.69) is 10.3 Å². The maximum atomic E-state index is 10.5. The molecule has 0 radical (unpaired) electrons. The highest BCUT2D eigenvalue weighted by atomic mass is 32.1. The zero-order chi connectivity index (χ0) is 17.0. The van der Waals surface area contributed by atoms with Crippen molar-refractivity contribution in [3.8, 4) is 11.5 Å². The highest BCUT2D eigenvalue weighted by molar-refractivity contribution is 7.10. The number of anilines is 1. The minimum Gasteiger partial charge on any atom is -0.490 e. The Morgan fingerprint density at radius 3 is 2.88 bits per heavy atom. The van der Waals surface area contributed by atoms with Crippen molar-refractivity contribution in [2.75, 3.05) is 25.1 Å². The summed E-state index contributed by atoms with van der Waals surface area (Å²) in [5.41, 5.74) is 5.66. The molecule has 0 spiro atoms. The highest BCUT2D eigenvalue weighted by Gasteiger charge is 2.23. The van der Waals surface area contributed by atoms with E-state index in [4.69, 9.17) is 15.2 Å². The van der Waals surface area contributed by atoms with Crippen molar-refractivity contribution in [2.45, 2.75) is 18.9 Å². The summed E-state index contributed by atoms with van der Waals surface area (Å²) in [4.78, 5) is 5.10. The summed E-state index contributed by atoms with van der Waals surface area (Å²) in [6, 6.07) is 9.32. The van der Waals surface area contributed by atoms with Crippen LogP contribution in [0.1, 0.15) is 18.2 Å². The van der Waals surface area contributed by atoms with E-state index in [1.165, 1.54) is 11.3 Å². The number of ether oxygens (including phenoxy) is 2. The molecule has 128 valence electrons. The van der Waals surface area contributed by atoms with Crippen LogP contribution in [0.4, 0.5) is 5.69 Å². The second kappa shape index (κ2) is 7.11. The molecule has 0 fully saturated rings. The molecule has 4 N–H and O–H groups in total. The van der Waals surface area contributed by atoms with Crippen LogP contribution in [0.2, 0.25) is 0 Å². The molecule has 1 atom stereocenters. The molecule has 1 aliphatic heterocycles. The molecular weight excluding hydrogens is 326 g/mol. The fourth-order valence-corrected chi connectivity index (χ4v) is 3.11. The summed E-state index contributed by atoms with van der Waals surface area (Å²) in [7, 11) is 0. The number of benzene rings is 1. The molecule has 24 heavy (non-hydrogen) atoms. The number of nitrogens with one attached hydrogen (secondary N) is 1. The monoisotopic (exact) mass is 347 g/mol. The van der Waals surface area contributed by atoms with Crippen molar-refractivity contribution in [1.82, 2.24) is 0 Å². The van der Waals surface area contributed by atoms with Gasteiger partial charge in [0, 0.05) is 23.1 Å². The third-order valence-electron chi connectivity index (χ3n) is 3.63. The van der Waals surface area contributed by atoms with Gasteiger partial charge in [-0.25, -0.2) is 4.99 Å². The van der Waals surface area contributed by atoms with Crippen LogP contribution in [-0.4, -0.2) is 30.8 Å². The Kier molecular flexibility index (Phi) is 4.92. The molecule has 0 bridgehead atoms. The Morgan fingerprint density at radius 1 is 1.33 bits per heavy atom. The molecule has 0 aliphatic carbocycles. The quantitative estimate of drug-likeness (QED) is 0.584. The number of fused-ring (bicyclic) bond motifs is 1. The molecule has 7 heteroatoms. The topological polar surface area (TPSA) is 89.1 Å². The number of hydrogen-bond acceptors (Lipinski definition) is 5. The van der Waals surface area contributed by atoms with Gasteiger partial charge in [-0.2, -0.15) is 0 Å². The van der Waals surface area contributed by atoms with Crippen molar-refractivity contribution in [2.24, 2.45) is 10.7 Å². The third kappa shape index (κ3) is 3.98. The van der Waals surface area contributed by atoms with Crippen LogP contribution in [0.25, 0.3) is 0 Å². The first-order valence-corrected chi connectivity index (χ1v) is 8.65. The summed E-state index contributed by atoms with van der Waals surface area (Å²) in [5, 5.41) is 15.4. The Balaban J connectivity index is 1.66. The van der Waals surface area contributed by atoms with Gasteiger partial charge in [0.15, 0.2) is 17.5 Å². The van der Waals surface area contributed by atoms with Gasteiger partial charge in [0.1, 0.15) is 5.60 Å². The Morgan fingerprint density at radius 2 is 2.12 bits per heavy atom. The van der Waals surface area contributed by atoms with E-state index in [1.54, 1.807) is 6.92 Å². The Bertz CT molecular complexity index is 714. The molecule has 1 aromatic heterocycles. The number of nitrogens with two attached hydrogens (primary N) is 1. The summed E-state index contributed by atoms with van der Waals surface area (Å²) in [6.45, 7) is 3.19. The predicted molar refractivity (Wildman–Crippen MR) is 96.1 cm³/mol. The zero-order valence-corrected chi connectivity index (χ0v) is 14.3. The van der Waals surface area contributed by atoms with E-state index < -0.39 is 5.60 Å². The molecule has 2 heterocycles. The van der Waals surface area contributed by atoms with Crippen molar-refractivity contribution in [3.63, 3.8) is 0 Å². The van der Waals surface area contributed by atoms with Crippen LogP contribution in [0.15, 0.2) is 40.7 Å². The van der Waals surface area contributed by atoms with Crippen molar-refractivity contribution in [1.29, 1.82) is 0 Å². The van der Waals surface area contributed by atoms with E-state index in [0.717, 1.165) is 22.7 Å². The first-order valence-electron chi connectivity index (χ1n) is 7.77. The Labute approximate surface area is 144 Å². The SMILES string of the molecule is CC(O)(CN=C(N)Nc1ccc2c(c1)OCCCO2)c1cccs1. The Hall–Kier alpha value is -2.25. The average Bonchev–Trinajstić information content (AvgIpc) is 3.01. The van der Waals surface area contributed by atoms with Crippen molar-refractivity contribution < 1.29 is 14.6 Å². The molecule has 1 aliphatic rings. The number of aliphatic imine (C=N–C) groups is 1. The average molecular weight is 347 g/mol. The summed E-state index contributed by atoms with van der Waals surface area (Å²) >= 11 is 1.49. The van der Waals surface area contributed by atoms with E-state index in [9.17, 15) is 5.11 Å².